The van der Waals surface area contributed by atoms with Crippen molar-refractivity contribution in [2.75, 3.05) is 0 Å². The van der Waals surface area contributed by atoms with Crippen LogP contribution in [0.2, 0.25) is 0 Å². The van der Waals surface area contributed by atoms with Crippen LogP contribution in [0, 0.1) is 5.41 Å². The van der Waals surface area contributed by atoms with Gasteiger partial charge in [0.2, 0.25) is 0 Å². The maximum atomic E-state index is 9.23. The van der Waals surface area contributed by atoms with Crippen molar-refractivity contribution in [2.24, 2.45) is 5.41 Å². The van der Waals surface area contributed by atoms with Gasteiger partial charge in [-0.15, -0.1) is 10.2 Å². The van der Waals surface area contributed by atoms with Crippen molar-refractivity contribution in [2.45, 2.75) is 46.5 Å². The summed E-state index contributed by atoms with van der Waals surface area (Å²) in [4.78, 5) is 0.630. The first-order chi connectivity index (χ1) is 8.17. The van der Waals surface area contributed by atoms with Crippen LogP contribution in [-0.2, 0) is 5.41 Å². The Bertz CT molecular complexity index is 564. The topological polar surface area (TPSA) is 50.9 Å². The second kappa shape index (κ2) is 3.97. The normalized spacial score (nSPS) is 13.2. The molecule has 0 unspecified atom stereocenters. The Morgan fingerprint density at radius 3 is 2.28 bits per heavy atom. The highest BCUT2D eigenvalue weighted by atomic mass is 16.5. The zero-order chi connectivity index (χ0) is 13.6. The summed E-state index contributed by atoms with van der Waals surface area (Å²) in [6.45, 7) is 11.2. The lowest BCUT2D eigenvalue weighted by molar-refractivity contribution is 0.113. The highest BCUT2D eigenvalue weighted by Gasteiger charge is 2.27. The molecular formula is C14H21N3O. The summed E-state index contributed by atoms with van der Waals surface area (Å²) in [5.74, 6) is 0. The van der Waals surface area contributed by atoms with E-state index in [1.165, 1.54) is 5.56 Å². The van der Waals surface area contributed by atoms with Crippen LogP contribution in [0.15, 0.2) is 18.2 Å². The minimum atomic E-state index is 0.0751. The maximum absolute atomic E-state index is 9.23. The summed E-state index contributed by atoms with van der Waals surface area (Å²) < 4.78 is 0. The lowest BCUT2D eigenvalue weighted by Gasteiger charge is -2.32. The minimum Gasteiger partial charge on any atom is -0.396 e. The summed E-state index contributed by atoms with van der Waals surface area (Å²) >= 11 is 0. The number of nitrogens with zero attached hydrogens (tertiary/aromatic N) is 3. The van der Waals surface area contributed by atoms with Gasteiger partial charge in [-0.05, 0) is 39.9 Å². The Kier molecular flexibility index (Phi) is 2.84. The van der Waals surface area contributed by atoms with Crippen LogP contribution in [0.5, 0.6) is 0 Å². The van der Waals surface area contributed by atoms with E-state index in [-0.39, 0.29) is 10.8 Å². The molecule has 0 spiro atoms. The van der Waals surface area contributed by atoms with E-state index in [4.69, 9.17) is 0 Å². The van der Waals surface area contributed by atoms with Gasteiger partial charge in [-0.2, -0.15) is 0 Å². The van der Waals surface area contributed by atoms with Gasteiger partial charge in [-0.25, -0.2) is 0 Å². The molecule has 0 bridgehead atoms. The van der Waals surface area contributed by atoms with Gasteiger partial charge in [0.15, 0.2) is 0 Å². The van der Waals surface area contributed by atoms with Crippen molar-refractivity contribution in [3.8, 4) is 0 Å². The molecule has 1 heterocycles. The molecule has 2 aromatic rings. The molecule has 0 aliphatic heterocycles. The molecular weight excluding hydrogens is 226 g/mol. The molecule has 0 atom stereocenters. The van der Waals surface area contributed by atoms with Gasteiger partial charge in [0, 0.05) is 0 Å². The summed E-state index contributed by atoms with van der Waals surface area (Å²) in [6, 6.07) is 6.00. The molecule has 0 fully saturated rings. The molecule has 0 saturated carbocycles. The van der Waals surface area contributed by atoms with Crippen LogP contribution in [0.1, 0.15) is 46.6 Å². The third-order valence-electron chi connectivity index (χ3n) is 3.12. The molecule has 0 saturated heterocycles. The first kappa shape index (κ1) is 12.9. The van der Waals surface area contributed by atoms with Gasteiger partial charge in [-0.3, -0.25) is 0 Å². The molecule has 4 heteroatoms. The smallest absolute Gasteiger partial charge is 0.117 e. The summed E-state index contributed by atoms with van der Waals surface area (Å²) in [5.41, 5.74) is 3.02. The zero-order valence-electron chi connectivity index (χ0n) is 11.7. The standard InChI is InChI=1S/C14H21N3O/c1-13(2,3)9-14(4,5)10-6-7-11-12(8-10)16-17(18)15-11/h6-8,18H,9H2,1-5H3. The first-order valence-corrected chi connectivity index (χ1v) is 6.24. The third kappa shape index (κ3) is 2.63. The molecule has 2 rings (SSSR count). The number of aromatic nitrogens is 3. The first-order valence-electron chi connectivity index (χ1n) is 6.24. The molecule has 4 nitrogen and oxygen atoms in total. The predicted octanol–water partition coefficient (Wildman–Crippen LogP) is 3.38. The lowest BCUT2D eigenvalue weighted by atomic mass is 9.72. The Hall–Kier alpha value is -1.58. The average Bonchev–Trinajstić information content (AvgIpc) is 2.52. The van der Waals surface area contributed by atoms with Gasteiger partial charge in [0.1, 0.15) is 11.0 Å². The molecule has 18 heavy (non-hydrogen) atoms. The van der Waals surface area contributed by atoms with E-state index in [1.807, 2.05) is 12.1 Å². The Balaban J connectivity index is 2.40. The van der Waals surface area contributed by atoms with Crippen LogP contribution < -0.4 is 0 Å². The molecule has 1 aromatic heterocycles. The number of hydrogen-bond acceptors (Lipinski definition) is 3. The largest absolute Gasteiger partial charge is 0.396 e. The fourth-order valence-corrected chi connectivity index (χ4v) is 2.75. The fourth-order valence-electron chi connectivity index (χ4n) is 2.75. The van der Waals surface area contributed by atoms with Crippen molar-refractivity contribution < 1.29 is 5.21 Å². The van der Waals surface area contributed by atoms with E-state index in [2.05, 4.69) is 50.9 Å². The molecule has 98 valence electrons. The molecule has 0 amide bonds. The van der Waals surface area contributed by atoms with Crippen LogP contribution in [0.4, 0.5) is 0 Å². The summed E-state index contributed by atoms with van der Waals surface area (Å²) in [5, 5.41) is 17.0. The molecule has 0 radical (unpaired) electrons. The monoisotopic (exact) mass is 247 g/mol. The molecule has 1 N–H and O–H groups in total. The highest BCUT2D eigenvalue weighted by Crippen LogP contribution is 2.36. The number of rotatable bonds is 2. The highest BCUT2D eigenvalue weighted by molar-refractivity contribution is 5.74. The van der Waals surface area contributed by atoms with Gasteiger partial charge >= 0.3 is 0 Å². The average molecular weight is 247 g/mol. The molecule has 0 aliphatic carbocycles. The van der Waals surface area contributed by atoms with E-state index < -0.39 is 0 Å². The Morgan fingerprint density at radius 1 is 1.06 bits per heavy atom. The molecule has 1 aromatic carbocycles. The van der Waals surface area contributed by atoms with Crippen molar-refractivity contribution in [3.05, 3.63) is 23.8 Å². The second-order valence-corrected chi connectivity index (χ2v) is 6.79. The van der Waals surface area contributed by atoms with Gasteiger partial charge < -0.3 is 5.21 Å². The molecule has 0 aliphatic rings. The van der Waals surface area contributed by atoms with Crippen LogP contribution in [0.25, 0.3) is 11.0 Å². The van der Waals surface area contributed by atoms with Crippen molar-refractivity contribution >= 4 is 11.0 Å². The van der Waals surface area contributed by atoms with E-state index in [9.17, 15) is 5.21 Å². The van der Waals surface area contributed by atoms with E-state index >= 15 is 0 Å². The fraction of sp³-hybridized carbons (Fsp3) is 0.571. The maximum Gasteiger partial charge on any atom is 0.117 e. The zero-order valence-corrected chi connectivity index (χ0v) is 11.7. The number of benzene rings is 1. The van der Waals surface area contributed by atoms with Crippen LogP contribution in [-0.4, -0.2) is 20.4 Å². The van der Waals surface area contributed by atoms with E-state index in [0.717, 1.165) is 11.9 Å². The van der Waals surface area contributed by atoms with Crippen LogP contribution >= 0.6 is 0 Å². The second-order valence-electron chi connectivity index (χ2n) is 6.79. The number of fused-ring (bicyclic) bond motifs is 1. The quantitative estimate of drug-likeness (QED) is 0.828. The Morgan fingerprint density at radius 2 is 1.67 bits per heavy atom. The number of hydrogen-bond donors (Lipinski definition) is 1. The van der Waals surface area contributed by atoms with E-state index in [0.29, 0.717) is 10.5 Å². The van der Waals surface area contributed by atoms with Gasteiger partial charge in [0.05, 0.1) is 0 Å². The SMILES string of the molecule is CC(C)(C)CC(C)(C)c1ccc2nn(O)nc2c1. The van der Waals surface area contributed by atoms with Gasteiger partial charge in [-0.1, -0.05) is 40.7 Å². The Labute approximate surface area is 108 Å². The van der Waals surface area contributed by atoms with Gasteiger partial charge in [0.25, 0.3) is 0 Å². The van der Waals surface area contributed by atoms with Crippen molar-refractivity contribution in [1.82, 2.24) is 15.2 Å². The van der Waals surface area contributed by atoms with E-state index in [1.54, 1.807) is 0 Å². The van der Waals surface area contributed by atoms with Crippen molar-refractivity contribution in [3.63, 3.8) is 0 Å². The summed E-state index contributed by atoms with van der Waals surface area (Å²) in [7, 11) is 0. The lowest BCUT2D eigenvalue weighted by Crippen LogP contribution is -2.24. The summed E-state index contributed by atoms with van der Waals surface area (Å²) in [6.07, 6.45) is 1.08. The van der Waals surface area contributed by atoms with Crippen molar-refractivity contribution in [1.29, 1.82) is 0 Å². The predicted molar refractivity (Wildman–Crippen MR) is 71.8 cm³/mol. The third-order valence-corrected chi connectivity index (χ3v) is 3.12. The minimum absolute atomic E-state index is 0.0751. The van der Waals surface area contributed by atoms with Crippen LogP contribution in [0.3, 0.4) is 0 Å².